The zero-order valence-corrected chi connectivity index (χ0v) is 13.6. The van der Waals surface area contributed by atoms with Gasteiger partial charge in [-0.3, -0.25) is 9.79 Å². The normalized spacial score (nSPS) is 12.1. The number of hydrogen-bond acceptors (Lipinski definition) is 4. The van der Waals surface area contributed by atoms with Crippen molar-refractivity contribution >= 4 is 30.4 Å². The Morgan fingerprint density at radius 2 is 2.04 bits per heavy atom. The number of halogens is 4. The van der Waals surface area contributed by atoms with Crippen LogP contribution in [0.2, 0.25) is 5.02 Å². The van der Waals surface area contributed by atoms with Crippen molar-refractivity contribution in [2.24, 2.45) is 9.98 Å². The predicted molar refractivity (Wildman–Crippen MR) is 89.5 cm³/mol. The lowest BCUT2D eigenvalue weighted by Crippen LogP contribution is -2.21. The summed E-state index contributed by atoms with van der Waals surface area (Å²) in [6.07, 6.45) is -2.74. The van der Waals surface area contributed by atoms with Gasteiger partial charge in [-0.1, -0.05) is 29.8 Å². The maximum Gasteiger partial charge on any atom is 0.451 e. The van der Waals surface area contributed by atoms with Crippen LogP contribution in [0.3, 0.4) is 0 Å². The second kappa shape index (κ2) is 7.98. The Hall–Kier alpha value is -2.61. The molecule has 5 nitrogen and oxygen atoms in total. The van der Waals surface area contributed by atoms with Crippen LogP contribution in [0.5, 0.6) is 0 Å². The molecule has 0 bridgehead atoms. The molecule has 0 aliphatic rings. The van der Waals surface area contributed by atoms with Crippen LogP contribution < -0.4 is 0 Å². The minimum absolute atomic E-state index is 0.0334. The average Bonchev–Trinajstić information content (AvgIpc) is 2.58. The standard InChI is InChI=1S/C16H12ClF3N4O/c1-21-15(16(18,19)20)22-7-6-13-23-8-10(9-25)14(24-13)11-4-2-3-5-12(11)17/h2-5,8-9H,1,6-7H2. The molecule has 1 heterocycles. The van der Waals surface area contributed by atoms with Crippen LogP contribution >= 0.6 is 11.6 Å². The van der Waals surface area contributed by atoms with Crippen molar-refractivity contribution in [3.05, 3.63) is 46.9 Å². The summed E-state index contributed by atoms with van der Waals surface area (Å²) in [7, 11) is 0. The first-order valence-corrected chi connectivity index (χ1v) is 7.39. The van der Waals surface area contributed by atoms with Crippen LogP contribution in [-0.4, -0.2) is 41.5 Å². The molecule has 0 radical (unpaired) electrons. The maximum atomic E-state index is 12.5. The maximum absolute atomic E-state index is 12.5. The summed E-state index contributed by atoms with van der Waals surface area (Å²) >= 11 is 6.11. The number of nitrogens with zero attached hydrogens (tertiary/aromatic N) is 4. The smallest absolute Gasteiger partial charge is 0.298 e. The van der Waals surface area contributed by atoms with E-state index in [2.05, 4.69) is 26.7 Å². The second-order valence-electron chi connectivity index (χ2n) is 4.80. The number of rotatable bonds is 5. The summed E-state index contributed by atoms with van der Waals surface area (Å²) in [6, 6.07) is 6.78. The molecular weight excluding hydrogens is 357 g/mol. The van der Waals surface area contributed by atoms with E-state index in [1.807, 2.05) is 0 Å². The molecule has 2 rings (SSSR count). The molecule has 0 saturated heterocycles. The molecular formula is C16H12ClF3N4O. The van der Waals surface area contributed by atoms with Crippen molar-refractivity contribution in [1.82, 2.24) is 9.97 Å². The van der Waals surface area contributed by atoms with Crippen LogP contribution in [0, 0.1) is 0 Å². The predicted octanol–water partition coefficient (Wildman–Crippen LogP) is 3.81. The van der Waals surface area contributed by atoms with Gasteiger partial charge in [0, 0.05) is 29.7 Å². The first kappa shape index (κ1) is 18.7. The summed E-state index contributed by atoms with van der Waals surface area (Å²) in [5, 5.41) is 0.392. The molecule has 1 aromatic carbocycles. The summed E-state index contributed by atoms with van der Waals surface area (Å²) in [5.74, 6) is -1.07. The van der Waals surface area contributed by atoms with Gasteiger partial charge in [0.05, 0.1) is 11.3 Å². The largest absolute Gasteiger partial charge is 0.451 e. The van der Waals surface area contributed by atoms with Gasteiger partial charge >= 0.3 is 6.18 Å². The Bertz CT molecular complexity index is 821. The van der Waals surface area contributed by atoms with Crippen molar-refractivity contribution in [3.8, 4) is 11.3 Å². The third-order valence-electron chi connectivity index (χ3n) is 3.12. The number of hydrogen-bond donors (Lipinski definition) is 0. The topological polar surface area (TPSA) is 67.6 Å². The van der Waals surface area contributed by atoms with Gasteiger partial charge in [0.1, 0.15) is 5.82 Å². The fourth-order valence-electron chi connectivity index (χ4n) is 1.99. The van der Waals surface area contributed by atoms with Crippen LogP contribution in [0.4, 0.5) is 13.2 Å². The van der Waals surface area contributed by atoms with E-state index < -0.39 is 12.0 Å². The molecule has 0 fully saturated rings. The number of carbonyl (C=O) groups is 1. The minimum atomic E-state index is -4.66. The Morgan fingerprint density at radius 3 is 2.64 bits per heavy atom. The molecule has 130 valence electrons. The van der Waals surface area contributed by atoms with Gasteiger partial charge in [0.25, 0.3) is 0 Å². The molecule has 25 heavy (non-hydrogen) atoms. The lowest BCUT2D eigenvalue weighted by Gasteiger charge is -2.08. The highest BCUT2D eigenvalue weighted by Gasteiger charge is 2.35. The first-order valence-electron chi connectivity index (χ1n) is 7.01. The molecule has 0 saturated carbocycles. The number of carbonyl (C=O) groups excluding carboxylic acids is 1. The number of aldehydes is 1. The van der Waals surface area contributed by atoms with Crippen molar-refractivity contribution < 1.29 is 18.0 Å². The zero-order chi connectivity index (χ0) is 18.4. The monoisotopic (exact) mass is 368 g/mol. The number of amidine groups is 1. The molecule has 0 unspecified atom stereocenters. The zero-order valence-electron chi connectivity index (χ0n) is 12.8. The van der Waals surface area contributed by atoms with E-state index in [4.69, 9.17) is 11.6 Å². The molecule has 0 aliphatic heterocycles. The Labute approximate surface area is 146 Å². The fraction of sp³-hybridized carbons (Fsp3) is 0.188. The third kappa shape index (κ3) is 4.69. The van der Waals surface area contributed by atoms with Crippen LogP contribution in [-0.2, 0) is 6.42 Å². The van der Waals surface area contributed by atoms with Gasteiger partial charge in [-0.2, -0.15) is 13.2 Å². The molecule has 0 N–H and O–H groups in total. The van der Waals surface area contributed by atoms with E-state index in [1.165, 1.54) is 6.20 Å². The molecule has 0 spiro atoms. The lowest BCUT2D eigenvalue weighted by atomic mass is 10.1. The van der Waals surface area contributed by atoms with E-state index in [-0.39, 0.29) is 24.4 Å². The Morgan fingerprint density at radius 1 is 1.32 bits per heavy atom. The van der Waals surface area contributed by atoms with E-state index >= 15 is 0 Å². The molecule has 0 amide bonds. The highest BCUT2D eigenvalue weighted by Crippen LogP contribution is 2.28. The third-order valence-corrected chi connectivity index (χ3v) is 3.45. The van der Waals surface area contributed by atoms with Gasteiger partial charge in [0.2, 0.25) is 5.84 Å². The molecule has 2 aromatic rings. The number of benzene rings is 1. The molecule has 0 atom stereocenters. The van der Waals surface area contributed by atoms with Gasteiger partial charge in [-0.05, 0) is 12.8 Å². The highest BCUT2D eigenvalue weighted by atomic mass is 35.5. The van der Waals surface area contributed by atoms with Crippen molar-refractivity contribution in [1.29, 1.82) is 0 Å². The summed E-state index contributed by atoms with van der Waals surface area (Å²) < 4.78 is 37.6. The van der Waals surface area contributed by atoms with Gasteiger partial charge in [-0.25, -0.2) is 15.0 Å². The number of aliphatic imine (C=N–C) groups is 2. The van der Waals surface area contributed by atoms with E-state index in [1.54, 1.807) is 24.3 Å². The van der Waals surface area contributed by atoms with Gasteiger partial charge < -0.3 is 0 Å². The average molecular weight is 369 g/mol. The van der Waals surface area contributed by atoms with Crippen LogP contribution in [0.1, 0.15) is 16.2 Å². The van der Waals surface area contributed by atoms with Crippen molar-refractivity contribution in [3.63, 3.8) is 0 Å². The van der Waals surface area contributed by atoms with E-state index in [0.29, 0.717) is 22.6 Å². The molecule has 1 aromatic heterocycles. The SMILES string of the molecule is C=NC(=NCCc1ncc(C=O)c(-c2ccccc2Cl)n1)C(F)(F)F. The van der Waals surface area contributed by atoms with Gasteiger partial charge in [0.15, 0.2) is 6.29 Å². The highest BCUT2D eigenvalue weighted by molar-refractivity contribution is 6.33. The Balaban J connectivity index is 2.28. The minimum Gasteiger partial charge on any atom is -0.298 e. The van der Waals surface area contributed by atoms with Crippen molar-refractivity contribution in [2.45, 2.75) is 12.6 Å². The fourth-order valence-corrected chi connectivity index (χ4v) is 2.22. The number of aromatic nitrogens is 2. The second-order valence-corrected chi connectivity index (χ2v) is 5.21. The van der Waals surface area contributed by atoms with E-state index in [9.17, 15) is 18.0 Å². The van der Waals surface area contributed by atoms with E-state index in [0.717, 1.165) is 0 Å². The molecule has 9 heteroatoms. The van der Waals surface area contributed by atoms with Crippen LogP contribution in [0.15, 0.2) is 40.4 Å². The number of alkyl halides is 3. The van der Waals surface area contributed by atoms with Crippen molar-refractivity contribution in [2.75, 3.05) is 6.54 Å². The summed E-state index contributed by atoms with van der Waals surface area (Å²) in [6.45, 7) is 2.63. The quantitative estimate of drug-likeness (QED) is 0.458. The summed E-state index contributed by atoms with van der Waals surface area (Å²) in [4.78, 5) is 25.6. The lowest BCUT2D eigenvalue weighted by molar-refractivity contribution is -0.0598. The van der Waals surface area contributed by atoms with Crippen LogP contribution in [0.25, 0.3) is 11.3 Å². The first-order chi connectivity index (χ1) is 11.9. The molecule has 0 aliphatic carbocycles. The van der Waals surface area contributed by atoms with Gasteiger partial charge in [-0.15, -0.1) is 0 Å². The Kier molecular flexibility index (Phi) is 5.97. The summed E-state index contributed by atoms with van der Waals surface area (Å²) in [5.41, 5.74) is 1.07.